The fourth-order valence-electron chi connectivity index (χ4n) is 2.29. The minimum Gasteiger partial charge on any atom is -0.398 e. The van der Waals surface area contributed by atoms with Crippen molar-refractivity contribution in [1.29, 1.82) is 0 Å². The van der Waals surface area contributed by atoms with Gasteiger partial charge in [0.05, 0.1) is 0 Å². The first-order valence-corrected chi connectivity index (χ1v) is 5.81. The third kappa shape index (κ3) is 2.09. The zero-order valence-corrected chi connectivity index (χ0v) is 9.66. The highest BCUT2D eigenvalue weighted by molar-refractivity contribution is 5.60. The molecule has 1 aliphatic rings. The Labute approximate surface area is 92.1 Å². The van der Waals surface area contributed by atoms with Crippen molar-refractivity contribution in [3.63, 3.8) is 0 Å². The molecule has 0 spiro atoms. The largest absolute Gasteiger partial charge is 0.398 e. The maximum absolute atomic E-state index is 5.95. The number of benzene rings is 1. The Morgan fingerprint density at radius 2 is 2.13 bits per heavy atom. The topological polar surface area (TPSA) is 29.3 Å². The van der Waals surface area contributed by atoms with Gasteiger partial charge in [-0.25, -0.2) is 0 Å². The lowest BCUT2D eigenvalue weighted by atomic mass is 10.0. The van der Waals surface area contributed by atoms with Gasteiger partial charge in [0.15, 0.2) is 0 Å². The molecule has 1 atom stereocenters. The van der Waals surface area contributed by atoms with E-state index in [0.717, 1.165) is 5.69 Å². The van der Waals surface area contributed by atoms with Crippen LogP contribution in [0.1, 0.15) is 31.7 Å². The molecule has 1 fully saturated rings. The first kappa shape index (κ1) is 10.3. The lowest BCUT2D eigenvalue weighted by molar-refractivity contribution is 0.485. The van der Waals surface area contributed by atoms with Gasteiger partial charge in [-0.2, -0.15) is 0 Å². The van der Waals surface area contributed by atoms with Crippen molar-refractivity contribution in [3.8, 4) is 0 Å². The van der Waals surface area contributed by atoms with Gasteiger partial charge in [0, 0.05) is 24.0 Å². The van der Waals surface area contributed by atoms with Crippen LogP contribution in [0, 0.1) is 6.92 Å². The van der Waals surface area contributed by atoms with E-state index < -0.39 is 0 Å². The number of rotatable bonds is 1. The molecule has 0 bridgehead atoms. The first-order chi connectivity index (χ1) is 7.18. The molecule has 2 rings (SSSR count). The number of anilines is 2. The Bertz CT molecular complexity index is 346. The van der Waals surface area contributed by atoms with Crippen molar-refractivity contribution in [3.05, 3.63) is 23.8 Å². The van der Waals surface area contributed by atoms with Gasteiger partial charge in [-0.3, -0.25) is 0 Å². The van der Waals surface area contributed by atoms with Gasteiger partial charge in [-0.15, -0.1) is 0 Å². The Morgan fingerprint density at radius 3 is 2.80 bits per heavy atom. The molecule has 1 heterocycles. The van der Waals surface area contributed by atoms with Crippen molar-refractivity contribution >= 4 is 11.4 Å². The van der Waals surface area contributed by atoms with Crippen LogP contribution in [0.15, 0.2) is 18.2 Å². The third-order valence-electron chi connectivity index (χ3n) is 3.40. The van der Waals surface area contributed by atoms with Crippen LogP contribution >= 0.6 is 0 Å². The molecule has 0 amide bonds. The SMILES string of the molecule is Cc1ccc(N2CCCCC2C)cc1N. The van der Waals surface area contributed by atoms with Crippen LogP contribution in [0.3, 0.4) is 0 Å². The van der Waals surface area contributed by atoms with E-state index in [1.165, 1.54) is 37.1 Å². The second kappa shape index (κ2) is 4.13. The molecule has 2 heteroatoms. The quantitative estimate of drug-likeness (QED) is 0.713. The molecule has 0 aliphatic carbocycles. The summed E-state index contributed by atoms with van der Waals surface area (Å²) in [6, 6.07) is 7.07. The fraction of sp³-hybridized carbons (Fsp3) is 0.538. The molecule has 1 unspecified atom stereocenters. The first-order valence-electron chi connectivity index (χ1n) is 5.81. The lowest BCUT2D eigenvalue weighted by Gasteiger charge is -2.35. The average Bonchev–Trinajstić information content (AvgIpc) is 2.23. The average molecular weight is 204 g/mol. The summed E-state index contributed by atoms with van der Waals surface area (Å²) in [6.07, 6.45) is 3.96. The highest BCUT2D eigenvalue weighted by atomic mass is 15.2. The maximum atomic E-state index is 5.95. The summed E-state index contributed by atoms with van der Waals surface area (Å²) in [5, 5.41) is 0. The van der Waals surface area contributed by atoms with Crippen molar-refractivity contribution in [2.75, 3.05) is 17.2 Å². The van der Waals surface area contributed by atoms with Crippen molar-refractivity contribution in [2.24, 2.45) is 0 Å². The molecule has 0 aromatic heterocycles. The van der Waals surface area contributed by atoms with E-state index in [4.69, 9.17) is 5.73 Å². The standard InChI is InChI=1S/C13H20N2/c1-10-6-7-12(9-13(10)14)15-8-4-3-5-11(15)2/h6-7,9,11H,3-5,8,14H2,1-2H3. The second-order valence-corrected chi connectivity index (χ2v) is 4.58. The van der Waals surface area contributed by atoms with Crippen molar-refractivity contribution in [1.82, 2.24) is 0 Å². The van der Waals surface area contributed by atoms with Crippen LogP contribution in [0.4, 0.5) is 11.4 Å². The monoisotopic (exact) mass is 204 g/mol. The van der Waals surface area contributed by atoms with E-state index in [2.05, 4.69) is 36.9 Å². The molecule has 1 aromatic rings. The highest BCUT2D eigenvalue weighted by Crippen LogP contribution is 2.27. The predicted molar refractivity (Wildman–Crippen MR) is 66.3 cm³/mol. The molecule has 2 nitrogen and oxygen atoms in total. The Balaban J connectivity index is 2.24. The molecule has 0 saturated carbocycles. The van der Waals surface area contributed by atoms with Gasteiger partial charge >= 0.3 is 0 Å². The van der Waals surface area contributed by atoms with Gasteiger partial charge in [0.1, 0.15) is 0 Å². The minimum atomic E-state index is 0.654. The fourth-order valence-corrected chi connectivity index (χ4v) is 2.29. The molecule has 0 radical (unpaired) electrons. The number of nitrogens with zero attached hydrogens (tertiary/aromatic N) is 1. The molecule has 1 aromatic carbocycles. The lowest BCUT2D eigenvalue weighted by Crippen LogP contribution is -2.37. The Kier molecular flexibility index (Phi) is 2.85. The van der Waals surface area contributed by atoms with E-state index in [1.807, 2.05) is 0 Å². The van der Waals surface area contributed by atoms with Gasteiger partial charge in [-0.05, 0) is 50.8 Å². The molecule has 82 valence electrons. The number of aryl methyl sites for hydroxylation is 1. The van der Waals surface area contributed by atoms with E-state index in [9.17, 15) is 0 Å². The van der Waals surface area contributed by atoms with Gasteiger partial charge in [0.2, 0.25) is 0 Å². The summed E-state index contributed by atoms with van der Waals surface area (Å²) in [6.45, 7) is 5.53. The van der Waals surface area contributed by atoms with E-state index in [-0.39, 0.29) is 0 Å². The van der Waals surface area contributed by atoms with Crippen LogP contribution in [-0.2, 0) is 0 Å². The van der Waals surface area contributed by atoms with Gasteiger partial charge in [0.25, 0.3) is 0 Å². The molecule has 1 saturated heterocycles. The number of hydrogen-bond acceptors (Lipinski definition) is 2. The number of nitrogens with two attached hydrogens (primary N) is 1. The summed E-state index contributed by atoms with van der Waals surface area (Å²) in [5.74, 6) is 0. The van der Waals surface area contributed by atoms with Crippen LogP contribution < -0.4 is 10.6 Å². The second-order valence-electron chi connectivity index (χ2n) is 4.58. The number of hydrogen-bond donors (Lipinski definition) is 1. The zero-order valence-electron chi connectivity index (χ0n) is 9.66. The predicted octanol–water partition coefficient (Wildman–Crippen LogP) is 2.96. The summed E-state index contributed by atoms with van der Waals surface area (Å²) in [5.41, 5.74) is 9.31. The van der Waals surface area contributed by atoms with Gasteiger partial charge in [-0.1, -0.05) is 6.07 Å². The Morgan fingerprint density at radius 1 is 1.33 bits per heavy atom. The van der Waals surface area contributed by atoms with E-state index in [0.29, 0.717) is 6.04 Å². The molecule has 2 N–H and O–H groups in total. The van der Waals surface area contributed by atoms with E-state index in [1.54, 1.807) is 0 Å². The number of nitrogen functional groups attached to an aromatic ring is 1. The molecule has 15 heavy (non-hydrogen) atoms. The van der Waals surface area contributed by atoms with Gasteiger partial charge < -0.3 is 10.6 Å². The van der Waals surface area contributed by atoms with Crippen molar-refractivity contribution < 1.29 is 0 Å². The van der Waals surface area contributed by atoms with E-state index >= 15 is 0 Å². The summed E-state index contributed by atoms with van der Waals surface area (Å²) >= 11 is 0. The van der Waals surface area contributed by atoms with Crippen molar-refractivity contribution in [2.45, 2.75) is 39.2 Å². The Hall–Kier alpha value is -1.18. The van der Waals surface area contributed by atoms with Crippen LogP contribution in [0.25, 0.3) is 0 Å². The summed E-state index contributed by atoms with van der Waals surface area (Å²) < 4.78 is 0. The molecular weight excluding hydrogens is 184 g/mol. The summed E-state index contributed by atoms with van der Waals surface area (Å²) in [4.78, 5) is 2.47. The number of piperidine rings is 1. The zero-order chi connectivity index (χ0) is 10.8. The molecule has 1 aliphatic heterocycles. The molecular formula is C13H20N2. The highest BCUT2D eigenvalue weighted by Gasteiger charge is 2.18. The normalized spacial score (nSPS) is 21.7. The van der Waals surface area contributed by atoms with Crippen LogP contribution in [0.5, 0.6) is 0 Å². The third-order valence-corrected chi connectivity index (χ3v) is 3.40. The van der Waals surface area contributed by atoms with Crippen LogP contribution in [0.2, 0.25) is 0 Å². The smallest absolute Gasteiger partial charge is 0.0389 e. The maximum Gasteiger partial charge on any atom is 0.0389 e. The summed E-state index contributed by atoms with van der Waals surface area (Å²) in [7, 11) is 0. The van der Waals surface area contributed by atoms with Crippen LogP contribution in [-0.4, -0.2) is 12.6 Å². The minimum absolute atomic E-state index is 0.654.